The van der Waals surface area contributed by atoms with Gasteiger partial charge in [-0.2, -0.15) is 0 Å². The van der Waals surface area contributed by atoms with Crippen LogP contribution in [0.4, 0.5) is 10.1 Å². The molecule has 1 aromatic carbocycles. The Kier molecular flexibility index (Phi) is 2.19. The SMILES string of the molecule is CON(c1ccc(F)cc1)C1CC1. The molecule has 0 saturated heterocycles. The highest BCUT2D eigenvalue weighted by atomic mass is 19.1. The fraction of sp³-hybridized carbons (Fsp3) is 0.400. The van der Waals surface area contributed by atoms with Crippen LogP contribution in [0.5, 0.6) is 0 Å². The van der Waals surface area contributed by atoms with Crippen LogP contribution in [-0.2, 0) is 4.84 Å². The summed E-state index contributed by atoms with van der Waals surface area (Å²) in [6.07, 6.45) is 2.32. The monoisotopic (exact) mass is 181 g/mol. The van der Waals surface area contributed by atoms with E-state index in [-0.39, 0.29) is 5.82 Å². The number of anilines is 1. The molecular weight excluding hydrogens is 169 g/mol. The lowest BCUT2D eigenvalue weighted by Crippen LogP contribution is -2.23. The maximum Gasteiger partial charge on any atom is 0.123 e. The van der Waals surface area contributed by atoms with Crippen molar-refractivity contribution in [3.8, 4) is 0 Å². The third-order valence-electron chi connectivity index (χ3n) is 2.16. The number of rotatable bonds is 3. The van der Waals surface area contributed by atoms with Gasteiger partial charge in [0, 0.05) is 0 Å². The Morgan fingerprint density at radius 3 is 2.38 bits per heavy atom. The van der Waals surface area contributed by atoms with Crippen molar-refractivity contribution >= 4 is 5.69 Å². The van der Waals surface area contributed by atoms with Crippen LogP contribution >= 0.6 is 0 Å². The van der Waals surface area contributed by atoms with Crippen LogP contribution in [0.1, 0.15) is 12.8 Å². The van der Waals surface area contributed by atoms with Crippen LogP contribution in [0, 0.1) is 5.82 Å². The predicted octanol–water partition coefficient (Wildman–Crippen LogP) is 2.36. The summed E-state index contributed by atoms with van der Waals surface area (Å²) in [4.78, 5) is 5.21. The van der Waals surface area contributed by atoms with Crippen LogP contribution in [-0.4, -0.2) is 13.2 Å². The first kappa shape index (κ1) is 8.51. The van der Waals surface area contributed by atoms with Crippen LogP contribution in [0.15, 0.2) is 24.3 Å². The zero-order valence-corrected chi connectivity index (χ0v) is 7.53. The normalized spacial score (nSPS) is 15.8. The highest BCUT2D eigenvalue weighted by Crippen LogP contribution is 2.31. The van der Waals surface area contributed by atoms with Crippen LogP contribution in [0.25, 0.3) is 0 Å². The number of benzene rings is 1. The molecule has 0 atom stereocenters. The van der Waals surface area contributed by atoms with Gasteiger partial charge in [-0.05, 0) is 37.1 Å². The van der Waals surface area contributed by atoms with Crippen LogP contribution in [0.3, 0.4) is 0 Å². The molecule has 0 N–H and O–H groups in total. The van der Waals surface area contributed by atoms with E-state index >= 15 is 0 Å². The molecule has 0 bridgehead atoms. The third-order valence-corrected chi connectivity index (χ3v) is 2.16. The van der Waals surface area contributed by atoms with E-state index in [0.29, 0.717) is 6.04 Å². The minimum Gasteiger partial charge on any atom is -0.277 e. The molecule has 3 heteroatoms. The molecule has 70 valence electrons. The molecule has 1 fully saturated rings. The first-order chi connectivity index (χ1) is 6.31. The first-order valence-electron chi connectivity index (χ1n) is 4.40. The highest BCUT2D eigenvalue weighted by Gasteiger charge is 2.29. The van der Waals surface area contributed by atoms with Crippen molar-refractivity contribution in [2.75, 3.05) is 12.2 Å². The predicted molar refractivity (Wildman–Crippen MR) is 48.9 cm³/mol. The number of hydroxylamine groups is 1. The number of halogens is 1. The average molecular weight is 181 g/mol. The minimum absolute atomic E-state index is 0.212. The topological polar surface area (TPSA) is 12.5 Å². The Balaban J connectivity index is 2.17. The van der Waals surface area contributed by atoms with Gasteiger partial charge in [0.2, 0.25) is 0 Å². The summed E-state index contributed by atoms with van der Waals surface area (Å²) in [6, 6.07) is 6.84. The molecule has 2 nitrogen and oxygen atoms in total. The zero-order chi connectivity index (χ0) is 9.26. The van der Waals surface area contributed by atoms with Gasteiger partial charge in [-0.1, -0.05) is 0 Å². The molecule has 0 unspecified atom stereocenters. The lowest BCUT2D eigenvalue weighted by Gasteiger charge is -2.20. The quantitative estimate of drug-likeness (QED) is 0.664. The maximum absolute atomic E-state index is 12.6. The zero-order valence-electron chi connectivity index (χ0n) is 7.53. The van der Waals surface area contributed by atoms with Gasteiger partial charge < -0.3 is 0 Å². The molecule has 1 aromatic rings. The summed E-state index contributed by atoms with van der Waals surface area (Å²) in [7, 11) is 1.64. The number of hydrogen-bond donors (Lipinski definition) is 0. The summed E-state index contributed by atoms with van der Waals surface area (Å²) < 4.78 is 12.6. The van der Waals surface area contributed by atoms with Gasteiger partial charge in [-0.3, -0.25) is 9.90 Å². The fourth-order valence-electron chi connectivity index (χ4n) is 1.36. The lowest BCUT2D eigenvalue weighted by atomic mass is 10.3. The Hall–Kier alpha value is -1.09. The summed E-state index contributed by atoms with van der Waals surface area (Å²) in [5.74, 6) is -0.212. The third kappa shape index (κ3) is 1.80. The van der Waals surface area contributed by atoms with E-state index in [9.17, 15) is 4.39 Å². The van der Waals surface area contributed by atoms with Crippen molar-refractivity contribution in [1.29, 1.82) is 0 Å². The van der Waals surface area contributed by atoms with Crippen LogP contribution in [0.2, 0.25) is 0 Å². The van der Waals surface area contributed by atoms with E-state index < -0.39 is 0 Å². The molecule has 0 aliphatic heterocycles. The molecule has 13 heavy (non-hydrogen) atoms. The Bertz CT molecular complexity index is 281. The molecule has 0 aromatic heterocycles. The number of nitrogens with zero attached hydrogens (tertiary/aromatic N) is 1. The van der Waals surface area contributed by atoms with Gasteiger partial charge in [0.15, 0.2) is 0 Å². The van der Waals surface area contributed by atoms with E-state index in [1.54, 1.807) is 19.2 Å². The molecule has 2 rings (SSSR count). The summed E-state index contributed by atoms with van der Waals surface area (Å²) in [6.45, 7) is 0. The molecule has 0 spiro atoms. The van der Waals surface area contributed by atoms with Gasteiger partial charge >= 0.3 is 0 Å². The Morgan fingerprint density at radius 1 is 1.31 bits per heavy atom. The van der Waals surface area contributed by atoms with E-state index in [0.717, 1.165) is 18.5 Å². The van der Waals surface area contributed by atoms with E-state index in [1.807, 2.05) is 5.06 Å². The molecule has 1 saturated carbocycles. The second kappa shape index (κ2) is 3.34. The van der Waals surface area contributed by atoms with Crippen molar-refractivity contribution in [3.63, 3.8) is 0 Å². The minimum atomic E-state index is -0.212. The first-order valence-corrected chi connectivity index (χ1v) is 4.40. The smallest absolute Gasteiger partial charge is 0.123 e. The average Bonchev–Trinajstić information content (AvgIpc) is 2.93. The van der Waals surface area contributed by atoms with Gasteiger partial charge in [0.1, 0.15) is 5.82 Å². The summed E-state index contributed by atoms with van der Waals surface area (Å²) >= 11 is 0. The lowest BCUT2D eigenvalue weighted by molar-refractivity contribution is 0.162. The highest BCUT2D eigenvalue weighted by molar-refractivity contribution is 5.45. The van der Waals surface area contributed by atoms with Gasteiger partial charge in [-0.15, -0.1) is 0 Å². The number of hydrogen-bond acceptors (Lipinski definition) is 2. The van der Waals surface area contributed by atoms with Crippen molar-refractivity contribution < 1.29 is 9.23 Å². The summed E-state index contributed by atoms with van der Waals surface area (Å²) in [5.41, 5.74) is 0.923. The van der Waals surface area contributed by atoms with E-state index in [4.69, 9.17) is 4.84 Å². The second-order valence-electron chi connectivity index (χ2n) is 3.22. The maximum atomic E-state index is 12.6. The standard InChI is InChI=1S/C10H12FNO/c1-13-12(10-6-7-10)9-4-2-8(11)3-5-9/h2-5,10H,6-7H2,1H3. The van der Waals surface area contributed by atoms with E-state index in [1.165, 1.54) is 12.1 Å². The van der Waals surface area contributed by atoms with Gasteiger partial charge in [0.25, 0.3) is 0 Å². The van der Waals surface area contributed by atoms with Crippen molar-refractivity contribution in [2.24, 2.45) is 0 Å². The fourth-order valence-corrected chi connectivity index (χ4v) is 1.36. The van der Waals surface area contributed by atoms with Crippen LogP contribution < -0.4 is 5.06 Å². The molecule has 1 aliphatic carbocycles. The Morgan fingerprint density at radius 2 is 1.92 bits per heavy atom. The molecular formula is C10H12FNO. The largest absolute Gasteiger partial charge is 0.277 e. The van der Waals surface area contributed by atoms with Gasteiger partial charge in [0.05, 0.1) is 18.8 Å². The molecule has 0 radical (unpaired) electrons. The van der Waals surface area contributed by atoms with E-state index in [2.05, 4.69) is 0 Å². The molecule has 0 heterocycles. The second-order valence-corrected chi connectivity index (χ2v) is 3.22. The van der Waals surface area contributed by atoms with Crippen molar-refractivity contribution in [3.05, 3.63) is 30.1 Å². The molecule has 0 amide bonds. The van der Waals surface area contributed by atoms with Gasteiger partial charge in [-0.25, -0.2) is 4.39 Å². The summed E-state index contributed by atoms with van der Waals surface area (Å²) in [5, 5.41) is 1.83. The van der Waals surface area contributed by atoms with Crippen molar-refractivity contribution in [1.82, 2.24) is 0 Å². The molecule has 1 aliphatic rings. The van der Waals surface area contributed by atoms with Crippen molar-refractivity contribution in [2.45, 2.75) is 18.9 Å². The Labute approximate surface area is 76.9 Å².